The topological polar surface area (TPSA) is 66.9 Å². The highest BCUT2D eigenvalue weighted by Crippen LogP contribution is 2.27. The van der Waals surface area contributed by atoms with Crippen LogP contribution >= 0.6 is 0 Å². The van der Waals surface area contributed by atoms with Gasteiger partial charge in [0, 0.05) is 26.2 Å². The third-order valence-corrected chi connectivity index (χ3v) is 6.88. The van der Waals surface area contributed by atoms with E-state index in [4.69, 9.17) is 4.74 Å². The van der Waals surface area contributed by atoms with Crippen molar-refractivity contribution >= 4 is 21.6 Å². The normalized spacial score (nSPS) is 11.1. The molecule has 3 aromatic carbocycles. The highest BCUT2D eigenvalue weighted by Gasteiger charge is 2.23. The summed E-state index contributed by atoms with van der Waals surface area (Å²) in [5.74, 6) is 0.526. The van der Waals surface area contributed by atoms with Crippen LogP contribution < -0.4 is 9.04 Å². The molecule has 0 heterocycles. The van der Waals surface area contributed by atoms with Gasteiger partial charge < -0.3 is 9.64 Å². The summed E-state index contributed by atoms with van der Waals surface area (Å²) in [4.78, 5) is 14.8. The van der Waals surface area contributed by atoms with Gasteiger partial charge in [0.1, 0.15) is 5.75 Å². The Morgan fingerprint density at radius 1 is 0.935 bits per heavy atom. The summed E-state index contributed by atoms with van der Waals surface area (Å²) >= 11 is 0. The average Bonchev–Trinajstić information content (AvgIpc) is 2.79. The van der Waals surface area contributed by atoms with Crippen LogP contribution in [0.5, 0.6) is 5.75 Å². The molecule has 0 fully saturated rings. The molecule has 0 aliphatic rings. The van der Waals surface area contributed by atoms with Gasteiger partial charge in [-0.15, -0.1) is 0 Å². The molecular weight excluding hydrogens is 412 g/mol. The van der Waals surface area contributed by atoms with Crippen LogP contribution in [-0.2, 0) is 16.6 Å². The average molecular weight is 439 g/mol. The van der Waals surface area contributed by atoms with Crippen molar-refractivity contribution in [2.75, 3.05) is 25.5 Å². The van der Waals surface area contributed by atoms with E-state index in [2.05, 4.69) is 0 Å². The van der Waals surface area contributed by atoms with E-state index in [1.807, 2.05) is 31.2 Å². The van der Waals surface area contributed by atoms with Crippen LogP contribution in [0.25, 0.3) is 0 Å². The van der Waals surface area contributed by atoms with Crippen LogP contribution in [0.2, 0.25) is 0 Å². The lowest BCUT2D eigenvalue weighted by atomic mass is 10.1. The standard InChI is InChI=1S/C24H26N2O4S/c1-18-13-14-20(24(27)25(2)17-19-9-8-10-21(15-19)30-4)16-23(18)26(3)31(28,29)22-11-6-5-7-12-22/h5-16H,17H2,1-4H3. The molecule has 162 valence electrons. The van der Waals surface area contributed by atoms with E-state index >= 15 is 0 Å². The van der Waals surface area contributed by atoms with Crippen LogP contribution in [0.1, 0.15) is 21.5 Å². The molecule has 3 aromatic rings. The predicted octanol–water partition coefficient (Wildman–Crippen LogP) is 4.10. The van der Waals surface area contributed by atoms with Crippen molar-refractivity contribution in [2.24, 2.45) is 0 Å². The van der Waals surface area contributed by atoms with Crippen LogP contribution in [0.15, 0.2) is 77.7 Å². The minimum Gasteiger partial charge on any atom is -0.497 e. The van der Waals surface area contributed by atoms with Crippen LogP contribution in [0.3, 0.4) is 0 Å². The van der Waals surface area contributed by atoms with Gasteiger partial charge in [0.2, 0.25) is 0 Å². The van der Waals surface area contributed by atoms with Crippen molar-refractivity contribution in [1.82, 2.24) is 4.90 Å². The van der Waals surface area contributed by atoms with Gasteiger partial charge in [-0.05, 0) is 54.4 Å². The Hall–Kier alpha value is -3.32. The first-order valence-electron chi connectivity index (χ1n) is 9.77. The van der Waals surface area contributed by atoms with Crippen molar-refractivity contribution in [3.05, 3.63) is 89.5 Å². The molecule has 0 aliphatic heterocycles. The van der Waals surface area contributed by atoms with Gasteiger partial charge in [-0.1, -0.05) is 36.4 Å². The van der Waals surface area contributed by atoms with E-state index in [0.29, 0.717) is 17.8 Å². The summed E-state index contributed by atoms with van der Waals surface area (Å²) in [5.41, 5.74) is 2.57. The number of methoxy groups -OCH3 is 1. The first kappa shape index (κ1) is 22.4. The Kier molecular flexibility index (Phi) is 6.65. The van der Waals surface area contributed by atoms with E-state index in [1.165, 1.54) is 11.4 Å². The monoisotopic (exact) mass is 438 g/mol. The molecule has 0 atom stereocenters. The number of benzene rings is 3. The molecule has 0 saturated carbocycles. The zero-order valence-corrected chi connectivity index (χ0v) is 18.9. The van der Waals surface area contributed by atoms with Crippen LogP contribution in [-0.4, -0.2) is 40.4 Å². The second kappa shape index (κ2) is 9.22. The number of nitrogens with zero attached hydrogens (tertiary/aromatic N) is 2. The van der Waals surface area contributed by atoms with Gasteiger partial charge in [-0.25, -0.2) is 8.42 Å². The number of sulfonamides is 1. The number of anilines is 1. The summed E-state index contributed by atoms with van der Waals surface area (Å²) in [6.45, 7) is 2.22. The molecule has 31 heavy (non-hydrogen) atoms. The first-order chi connectivity index (χ1) is 14.7. The highest BCUT2D eigenvalue weighted by atomic mass is 32.2. The van der Waals surface area contributed by atoms with Crippen LogP contribution in [0, 0.1) is 6.92 Å². The predicted molar refractivity (Wildman–Crippen MR) is 122 cm³/mol. The van der Waals surface area contributed by atoms with Gasteiger partial charge in [0.25, 0.3) is 15.9 Å². The maximum Gasteiger partial charge on any atom is 0.264 e. The van der Waals surface area contributed by atoms with E-state index < -0.39 is 10.0 Å². The fourth-order valence-corrected chi connectivity index (χ4v) is 4.57. The second-order valence-electron chi connectivity index (χ2n) is 7.30. The van der Waals surface area contributed by atoms with Crippen molar-refractivity contribution in [2.45, 2.75) is 18.4 Å². The minimum atomic E-state index is -3.74. The summed E-state index contributed by atoms with van der Waals surface area (Å²) in [6.07, 6.45) is 0. The molecule has 7 heteroatoms. The molecule has 0 spiro atoms. The van der Waals surface area contributed by atoms with Crippen molar-refractivity contribution < 1.29 is 17.9 Å². The zero-order chi connectivity index (χ0) is 22.6. The summed E-state index contributed by atoms with van der Waals surface area (Å²) in [5, 5.41) is 0. The Morgan fingerprint density at radius 3 is 2.32 bits per heavy atom. The van der Waals surface area contributed by atoms with E-state index in [1.54, 1.807) is 67.6 Å². The van der Waals surface area contributed by atoms with E-state index in [-0.39, 0.29) is 10.8 Å². The number of aryl methyl sites for hydroxylation is 1. The number of amides is 1. The molecule has 0 aromatic heterocycles. The molecule has 0 aliphatic carbocycles. The fraction of sp³-hybridized carbons (Fsp3) is 0.208. The number of carbonyl (C=O) groups is 1. The molecule has 6 nitrogen and oxygen atoms in total. The smallest absolute Gasteiger partial charge is 0.264 e. The van der Waals surface area contributed by atoms with Crippen molar-refractivity contribution in [3.63, 3.8) is 0 Å². The third kappa shape index (κ3) is 4.88. The Labute approximate surface area is 183 Å². The molecule has 0 bridgehead atoms. The maximum absolute atomic E-state index is 13.0. The Balaban J connectivity index is 1.86. The molecule has 0 saturated heterocycles. The number of rotatable bonds is 7. The van der Waals surface area contributed by atoms with E-state index in [0.717, 1.165) is 16.9 Å². The second-order valence-corrected chi connectivity index (χ2v) is 9.27. The van der Waals surface area contributed by atoms with Crippen molar-refractivity contribution in [1.29, 1.82) is 0 Å². The Morgan fingerprint density at radius 2 is 1.65 bits per heavy atom. The lowest BCUT2D eigenvalue weighted by Gasteiger charge is -2.23. The number of hydrogen-bond donors (Lipinski definition) is 0. The van der Waals surface area contributed by atoms with Crippen molar-refractivity contribution in [3.8, 4) is 5.75 Å². The first-order valence-corrected chi connectivity index (χ1v) is 11.2. The minimum absolute atomic E-state index is 0.198. The third-order valence-electron chi connectivity index (χ3n) is 5.10. The molecule has 0 radical (unpaired) electrons. The molecule has 0 N–H and O–H groups in total. The molecule has 1 amide bonds. The van der Waals surface area contributed by atoms with Gasteiger partial charge in [0.15, 0.2) is 0 Å². The SMILES string of the molecule is COc1cccc(CN(C)C(=O)c2ccc(C)c(N(C)S(=O)(=O)c3ccccc3)c2)c1. The summed E-state index contributed by atoms with van der Waals surface area (Å²) < 4.78 is 32.5. The summed E-state index contributed by atoms with van der Waals surface area (Å²) in [7, 11) is 1.07. The van der Waals surface area contributed by atoms with Gasteiger partial charge in [-0.2, -0.15) is 0 Å². The molecule has 3 rings (SSSR count). The quantitative estimate of drug-likeness (QED) is 0.557. The van der Waals surface area contributed by atoms with Gasteiger partial charge in [-0.3, -0.25) is 9.10 Å². The van der Waals surface area contributed by atoms with Gasteiger partial charge >= 0.3 is 0 Å². The lowest BCUT2D eigenvalue weighted by Crippen LogP contribution is -2.29. The largest absolute Gasteiger partial charge is 0.497 e. The molecule has 0 unspecified atom stereocenters. The molecular formula is C24H26N2O4S. The highest BCUT2D eigenvalue weighted by molar-refractivity contribution is 7.92. The number of carbonyl (C=O) groups excluding carboxylic acids is 1. The maximum atomic E-state index is 13.0. The van der Waals surface area contributed by atoms with E-state index in [9.17, 15) is 13.2 Å². The number of ether oxygens (including phenoxy) is 1. The fourth-order valence-electron chi connectivity index (χ4n) is 3.30. The lowest BCUT2D eigenvalue weighted by molar-refractivity contribution is 0.0785. The van der Waals surface area contributed by atoms with Crippen LogP contribution in [0.4, 0.5) is 5.69 Å². The Bertz CT molecular complexity index is 1180. The summed E-state index contributed by atoms with van der Waals surface area (Å²) in [6, 6.07) is 20.9. The van der Waals surface area contributed by atoms with Gasteiger partial charge in [0.05, 0.1) is 17.7 Å². The number of hydrogen-bond acceptors (Lipinski definition) is 4. The zero-order valence-electron chi connectivity index (χ0n) is 18.1.